The van der Waals surface area contributed by atoms with Crippen LogP contribution >= 0.6 is 11.6 Å². The number of nitrogen functional groups attached to an aromatic ring is 1. The minimum Gasteiger partial charge on any atom is -0.399 e. The Labute approximate surface area is 129 Å². The molecule has 0 radical (unpaired) electrons. The molecule has 2 amide bonds. The summed E-state index contributed by atoms with van der Waals surface area (Å²) < 4.78 is 0. The maximum absolute atomic E-state index is 11.9. The van der Waals surface area contributed by atoms with E-state index in [1.165, 1.54) is 0 Å². The molecule has 1 aliphatic heterocycles. The number of benzene rings is 1. The molecular formula is C15H20ClN3O2. The van der Waals surface area contributed by atoms with Gasteiger partial charge in [0.1, 0.15) is 0 Å². The Kier molecular flexibility index (Phi) is 5.07. The van der Waals surface area contributed by atoms with Crippen molar-refractivity contribution < 1.29 is 9.59 Å². The molecule has 0 bridgehead atoms. The molecular weight excluding hydrogens is 290 g/mol. The van der Waals surface area contributed by atoms with Crippen molar-refractivity contribution in [1.29, 1.82) is 0 Å². The van der Waals surface area contributed by atoms with Crippen molar-refractivity contribution in [2.24, 2.45) is 5.92 Å². The van der Waals surface area contributed by atoms with Crippen molar-refractivity contribution in [3.8, 4) is 0 Å². The fourth-order valence-corrected chi connectivity index (χ4v) is 2.67. The number of rotatable bonds is 4. The van der Waals surface area contributed by atoms with Gasteiger partial charge >= 0.3 is 0 Å². The van der Waals surface area contributed by atoms with E-state index < -0.39 is 0 Å². The van der Waals surface area contributed by atoms with Crippen molar-refractivity contribution in [2.75, 3.05) is 24.1 Å². The first-order valence-electron chi connectivity index (χ1n) is 7.11. The molecule has 5 nitrogen and oxygen atoms in total. The lowest BCUT2D eigenvalue weighted by Gasteiger charge is -2.30. The Morgan fingerprint density at radius 1 is 1.52 bits per heavy atom. The van der Waals surface area contributed by atoms with E-state index in [0.717, 1.165) is 19.4 Å². The van der Waals surface area contributed by atoms with Gasteiger partial charge in [0.25, 0.3) is 0 Å². The lowest BCUT2D eigenvalue weighted by Crippen LogP contribution is -2.41. The summed E-state index contributed by atoms with van der Waals surface area (Å²) in [5.74, 6) is 0.0422. The van der Waals surface area contributed by atoms with Crippen LogP contribution in [-0.4, -0.2) is 29.8 Å². The van der Waals surface area contributed by atoms with Crippen LogP contribution in [-0.2, 0) is 9.59 Å². The number of nitrogens with zero attached hydrogens (tertiary/aromatic N) is 1. The summed E-state index contributed by atoms with van der Waals surface area (Å²) in [6.07, 6.45) is 2.19. The fraction of sp³-hybridized carbons (Fsp3) is 0.467. The van der Waals surface area contributed by atoms with E-state index in [0.29, 0.717) is 22.9 Å². The topological polar surface area (TPSA) is 75.4 Å². The quantitative estimate of drug-likeness (QED) is 0.839. The molecule has 1 aromatic carbocycles. The molecule has 1 aromatic rings. The molecule has 0 aromatic heterocycles. The molecule has 2 rings (SSSR count). The van der Waals surface area contributed by atoms with Gasteiger partial charge in [0.05, 0.1) is 10.7 Å². The van der Waals surface area contributed by atoms with Crippen LogP contribution < -0.4 is 11.1 Å². The number of carbonyl (C=O) groups is 2. The van der Waals surface area contributed by atoms with Crippen LogP contribution in [0.1, 0.15) is 26.2 Å². The number of piperidine rings is 1. The molecule has 1 fully saturated rings. The predicted octanol–water partition coefficient (Wildman–Crippen LogP) is 2.51. The molecule has 0 spiro atoms. The summed E-state index contributed by atoms with van der Waals surface area (Å²) in [5, 5.41) is 3.15. The van der Waals surface area contributed by atoms with Crippen molar-refractivity contribution >= 4 is 34.8 Å². The Balaban J connectivity index is 1.86. The van der Waals surface area contributed by atoms with E-state index >= 15 is 0 Å². The van der Waals surface area contributed by atoms with Gasteiger partial charge in [0.2, 0.25) is 11.8 Å². The van der Waals surface area contributed by atoms with Crippen molar-refractivity contribution in [3.63, 3.8) is 0 Å². The molecule has 1 aliphatic rings. The molecule has 3 N–H and O–H groups in total. The first-order chi connectivity index (χ1) is 9.97. The highest BCUT2D eigenvalue weighted by Crippen LogP contribution is 2.24. The van der Waals surface area contributed by atoms with Crippen LogP contribution in [0.25, 0.3) is 0 Å². The molecule has 0 aliphatic carbocycles. The first-order valence-corrected chi connectivity index (χ1v) is 7.49. The zero-order valence-electron chi connectivity index (χ0n) is 12.1. The molecule has 1 unspecified atom stereocenters. The summed E-state index contributed by atoms with van der Waals surface area (Å²) in [5.41, 5.74) is 6.68. The van der Waals surface area contributed by atoms with Gasteiger partial charge in [-0.25, -0.2) is 0 Å². The van der Waals surface area contributed by atoms with E-state index in [1.54, 1.807) is 23.1 Å². The van der Waals surface area contributed by atoms with E-state index in [4.69, 9.17) is 17.3 Å². The Morgan fingerprint density at radius 3 is 3.00 bits per heavy atom. The van der Waals surface area contributed by atoms with Crippen molar-refractivity contribution in [1.82, 2.24) is 4.90 Å². The number of nitrogens with one attached hydrogen (secondary N) is 1. The lowest BCUT2D eigenvalue weighted by atomic mass is 9.99. The second kappa shape index (κ2) is 6.80. The summed E-state index contributed by atoms with van der Waals surface area (Å²) in [6, 6.07) is 4.94. The normalized spacial score (nSPS) is 18.7. The maximum Gasteiger partial charge on any atom is 0.226 e. The number of nitrogens with two attached hydrogens (primary N) is 1. The number of hydrogen-bond acceptors (Lipinski definition) is 3. The lowest BCUT2D eigenvalue weighted by molar-refractivity contribution is -0.138. The van der Waals surface area contributed by atoms with Crippen molar-refractivity contribution in [2.45, 2.75) is 26.2 Å². The monoisotopic (exact) mass is 309 g/mol. The smallest absolute Gasteiger partial charge is 0.226 e. The first kappa shape index (κ1) is 15.6. The number of likely N-dealkylation sites (tertiary alicyclic amines) is 1. The summed E-state index contributed by atoms with van der Waals surface area (Å²) in [4.78, 5) is 25.7. The third-order valence-corrected chi connectivity index (χ3v) is 3.99. The minimum absolute atomic E-state index is 0.0633. The molecule has 1 heterocycles. The summed E-state index contributed by atoms with van der Waals surface area (Å²) >= 11 is 6.01. The van der Waals surface area contributed by atoms with Gasteiger partial charge in [-0.3, -0.25) is 9.59 Å². The average molecular weight is 310 g/mol. The third-order valence-electron chi connectivity index (χ3n) is 3.67. The second-order valence-corrected chi connectivity index (χ2v) is 5.81. The Morgan fingerprint density at radius 2 is 2.29 bits per heavy atom. The number of hydrogen-bond donors (Lipinski definition) is 2. The maximum atomic E-state index is 11.9. The summed E-state index contributed by atoms with van der Waals surface area (Å²) in [7, 11) is 0. The van der Waals surface area contributed by atoms with Gasteiger partial charge in [0, 0.05) is 31.1 Å². The van der Waals surface area contributed by atoms with E-state index in [1.807, 2.05) is 6.92 Å². The van der Waals surface area contributed by atoms with Crippen LogP contribution in [0.5, 0.6) is 0 Å². The van der Waals surface area contributed by atoms with Crippen LogP contribution in [0.15, 0.2) is 18.2 Å². The van der Waals surface area contributed by atoms with Gasteiger partial charge in [-0.1, -0.05) is 18.5 Å². The van der Waals surface area contributed by atoms with Crippen LogP contribution in [0, 0.1) is 5.92 Å². The fourth-order valence-electron chi connectivity index (χ4n) is 2.44. The number of anilines is 2. The molecule has 114 valence electrons. The van der Waals surface area contributed by atoms with Crippen LogP contribution in [0.4, 0.5) is 11.4 Å². The average Bonchev–Trinajstić information content (AvgIpc) is 2.43. The largest absolute Gasteiger partial charge is 0.399 e. The highest BCUT2D eigenvalue weighted by Gasteiger charge is 2.25. The summed E-state index contributed by atoms with van der Waals surface area (Å²) in [6.45, 7) is 3.11. The Hall–Kier alpha value is -1.75. The minimum atomic E-state index is -0.160. The van der Waals surface area contributed by atoms with Crippen molar-refractivity contribution in [3.05, 3.63) is 23.2 Å². The van der Waals surface area contributed by atoms with E-state index in [-0.39, 0.29) is 24.2 Å². The second-order valence-electron chi connectivity index (χ2n) is 5.41. The van der Waals surface area contributed by atoms with Gasteiger partial charge < -0.3 is 16.0 Å². The highest BCUT2D eigenvalue weighted by molar-refractivity contribution is 6.34. The van der Waals surface area contributed by atoms with Crippen LogP contribution in [0.3, 0.4) is 0 Å². The standard InChI is InChI=1S/C15H20ClN3O2/c1-10-3-2-7-19(15(10)21)8-6-14(20)18-13-5-4-11(17)9-12(13)16/h4-5,9-10H,2-3,6-8,17H2,1H3,(H,18,20). The number of amides is 2. The number of halogens is 1. The third kappa shape index (κ3) is 4.11. The van der Waals surface area contributed by atoms with E-state index in [2.05, 4.69) is 5.32 Å². The number of carbonyl (C=O) groups excluding carboxylic acids is 2. The molecule has 1 atom stereocenters. The van der Waals surface area contributed by atoms with E-state index in [9.17, 15) is 9.59 Å². The zero-order valence-corrected chi connectivity index (χ0v) is 12.8. The molecule has 21 heavy (non-hydrogen) atoms. The zero-order chi connectivity index (χ0) is 15.4. The highest BCUT2D eigenvalue weighted by atomic mass is 35.5. The SMILES string of the molecule is CC1CCCN(CCC(=O)Nc2ccc(N)cc2Cl)C1=O. The molecule has 0 saturated carbocycles. The van der Waals surface area contributed by atoms with Gasteiger partial charge in [-0.05, 0) is 31.0 Å². The molecule has 1 saturated heterocycles. The van der Waals surface area contributed by atoms with Gasteiger partial charge in [-0.2, -0.15) is 0 Å². The predicted molar refractivity (Wildman–Crippen MR) is 84.1 cm³/mol. The van der Waals surface area contributed by atoms with Crippen LogP contribution in [0.2, 0.25) is 5.02 Å². The van der Waals surface area contributed by atoms with Gasteiger partial charge in [-0.15, -0.1) is 0 Å². The Bertz CT molecular complexity index is 548. The molecule has 6 heteroatoms. The van der Waals surface area contributed by atoms with Gasteiger partial charge in [0.15, 0.2) is 0 Å².